The first-order valence-corrected chi connectivity index (χ1v) is 8.28. The predicted molar refractivity (Wildman–Crippen MR) is 103 cm³/mol. The third-order valence-corrected chi connectivity index (χ3v) is 4.20. The summed E-state index contributed by atoms with van der Waals surface area (Å²) in [5, 5.41) is 0.817. The van der Waals surface area contributed by atoms with Gasteiger partial charge in [0.2, 0.25) is 0 Å². The molecule has 3 aromatic rings. The Hall–Kier alpha value is -3.41. The summed E-state index contributed by atoms with van der Waals surface area (Å²) < 4.78 is 1.94. The molecule has 0 spiro atoms. The highest BCUT2D eigenvalue weighted by Gasteiger charge is 2.21. The van der Waals surface area contributed by atoms with E-state index in [9.17, 15) is 4.79 Å². The molecule has 0 saturated heterocycles. The van der Waals surface area contributed by atoms with Gasteiger partial charge in [-0.05, 0) is 37.8 Å². The zero-order valence-corrected chi connectivity index (χ0v) is 14.8. The number of nitrogens with two attached hydrogens (primary N) is 2. The second kappa shape index (κ2) is 7.23. The van der Waals surface area contributed by atoms with Crippen molar-refractivity contribution in [1.29, 1.82) is 0 Å². The smallest absolute Gasteiger partial charge is 0.251 e. The zero-order chi connectivity index (χ0) is 18.7. The van der Waals surface area contributed by atoms with E-state index < -0.39 is 5.91 Å². The molecule has 26 heavy (non-hydrogen) atoms. The molecule has 0 atom stereocenters. The second-order valence-corrected chi connectivity index (χ2v) is 6.12. The zero-order valence-electron chi connectivity index (χ0n) is 14.8. The van der Waals surface area contributed by atoms with E-state index in [0.29, 0.717) is 17.8 Å². The average molecular weight is 347 g/mol. The maximum atomic E-state index is 12.3. The van der Waals surface area contributed by atoms with E-state index in [0.717, 1.165) is 27.7 Å². The summed E-state index contributed by atoms with van der Waals surface area (Å²) >= 11 is 0. The lowest BCUT2D eigenvalue weighted by Gasteiger charge is -2.09. The van der Waals surface area contributed by atoms with Crippen molar-refractivity contribution in [3.63, 3.8) is 0 Å². The molecule has 1 aromatic carbocycles. The van der Waals surface area contributed by atoms with E-state index in [-0.39, 0.29) is 0 Å². The van der Waals surface area contributed by atoms with Crippen molar-refractivity contribution in [2.75, 3.05) is 0 Å². The van der Waals surface area contributed by atoms with Gasteiger partial charge in [-0.2, -0.15) is 0 Å². The van der Waals surface area contributed by atoms with E-state index in [1.165, 1.54) is 6.20 Å². The predicted octanol–water partition coefficient (Wildman–Crippen LogP) is 2.79. The minimum atomic E-state index is -0.460. The quantitative estimate of drug-likeness (QED) is 0.693. The van der Waals surface area contributed by atoms with Crippen LogP contribution in [0.4, 0.5) is 0 Å². The number of nitrogens with zero attached hydrogens (tertiary/aromatic N) is 3. The first kappa shape index (κ1) is 17.4. The van der Waals surface area contributed by atoms with Crippen molar-refractivity contribution >= 4 is 16.8 Å². The molecule has 1 amide bonds. The fraction of sp³-hybridized carbons (Fsp3) is 0.150. The van der Waals surface area contributed by atoms with E-state index >= 15 is 0 Å². The molecule has 0 saturated carbocycles. The summed E-state index contributed by atoms with van der Waals surface area (Å²) in [6, 6.07) is 5.95. The molecule has 132 valence electrons. The fourth-order valence-electron chi connectivity index (χ4n) is 3.01. The Morgan fingerprint density at radius 1 is 1.31 bits per heavy atom. The monoisotopic (exact) mass is 347 g/mol. The lowest BCUT2D eigenvalue weighted by atomic mass is 10.1. The number of aryl methyl sites for hydroxylation is 1. The molecule has 0 aliphatic rings. The number of hydrogen-bond donors (Lipinski definition) is 2. The summed E-state index contributed by atoms with van der Waals surface area (Å²) in [6.07, 6.45) is 10.8. The van der Waals surface area contributed by atoms with Crippen LogP contribution >= 0.6 is 0 Å². The highest BCUT2D eigenvalue weighted by Crippen LogP contribution is 2.30. The maximum absolute atomic E-state index is 12.3. The van der Waals surface area contributed by atoms with Crippen molar-refractivity contribution in [1.82, 2.24) is 14.5 Å². The molecule has 0 aliphatic carbocycles. The Balaban J connectivity index is 2.30. The highest BCUT2D eigenvalue weighted by molar-refractivity contribution is 6.08. The van der Waals surface area contributed by atoms with Gasteiger partial charge in [-0.3, -0.25) is 14.3 Å². The number of hydrogen-bond acceptors (Lipinski definition) is 4. The number of rotatable bonds is 5. The number of allylic oxidation sites excluding steroid dienone is 3. The van der Waals surface area contributed by atoms with Crippen LogP contribution in [0.2, 0.25) is 0 Å². The molecular weight excluding hydrogens is 326 g/mol. The third-order valence-electron chi connectivity index (χ3n) is 4.20. The van der Waals surface area contributed by atoms with Gasteiger partial charge in [-0.25, -0.2) is 4.98 Å². The van der Waals surface area contributed by atoms with Gasteiger partial charge < -0.3 is 11.5 Å². The highest BCUT2D eigenvalue weighted by atomic mass is 16.1. The molecular formula is C20H21N5O. The van der Waals surface area contributed by atoms with Crippen molar-refractivity contribution in [3.8, 4) is 5.82 Å². The van der Waals surface area contributed by atoms with Crippen LogP contribution in [0.25, 0.3) is 16.7 Å². The molecule has 2 aromatic heterocycles. The Kier molecular flexibility index (Phi) is 4.84. The number of primary amides is 1. The van der Waals surface area contributed by atoms with Crippen LogP contribution < -0.4 is 11.5 Å². The van der Waals surface area contributed by atoms with E-state index in [2.05, 4.69) is 9.97 Å². The normalized spacial score (nSPS) is 12.2. The lowest BCUT2D eigenvalue weighted by molar-refractivity contribution is 0.100. The number of aromatic nitrogens is 3. The number of benzene rings is 1. The van der Waals surface area contributed by atoms with Gasteiger partial charge >= 0.3 is 0 Å². The van der Waals surface area contributed by atoms with Crippen LogP contribution in [0.15, 0.2) is 60.7 Å². The van der Waals surface area contributed by atoms with Gasteiger partial charge in [0.25, 0.3) is 5.91 Å². The van der Waals surface area contributed by atoms with E-state index in [4.69, 9.17) is 11.5 Å². The van der Waals surface area contributed by atoms with Gasteiger partial charge in [-0.1, -0.05) is 23.8 Å². The molecule has 6 nitrogen and oxygen atoms in total. The Labute approximate surface area is 151 Å². The van der Waals surface area contributed by atoms with Crippen LogP contribution in [-0.4, -0.2) is 20.4 Å². The number of carbonyl (C=O) groups excluding carboxylic acids is 1. The minimum Gasteiger partial charge on any atom is -0.404 e. The van der Waals surface area contributed by atoms with Gasteiger partial charge in [0.15, 0.2) is 5.82 Å². The third kappa shape index (κ3) is 3.21. The Bertz CT molecular complexity index is 1020. The van der Waals surface area contributed by atoms with Gasteiger partial charge in [0, 0.05) is 29.9 Å². The van der Waals surface area contributed by atoms with Crippen molar-refractivity contribution < 1.29 is 4.79 Å². The maximum Gasteiger partial charge on any atom is 0.251 e. The molecule has 0 unspecified atom stereocenters. The van der Waals surface area contributed by atoms with Crippen LogP contribution in [0.5, 0.6) is 0 Å². The number of carbonyl (C=O) groups is 1. The van der Waals surface area contributed by atoms with Crippen LogP contribution in [0.1, 0.15) is 28.5 Å². The van der Waals surface area contributed by atoms with E-state index in [1.807, 2.05) is 48.8 Å². The molecule has 2 heterocycles. The summed E-state index contributed by atoms with van der Waals surface area (Å²) in [5.41, 5.74) is 15.4. The summed E-state index contributed by atoms with van der Waals surface area (Å²) in [7, 11) is 0. The van der Waals surface area contributed by atoms with Gasteiger partial charge in [0.05, 0.1) is 17.3 Å². The van der Waals surface area contributed by atoms with E-state index in [1.54, 1.807) is 18.6 Å². The summed E-state index contributed by atoms with van der Waals surface area (Å²) in [6.45, 7) is 3.89. The fourth-order valence-corrected chi connectivity index (χ4v) is 3.01. The van der Waals surface area contributed by atoms with Gasteiger partial charge in [-0.15, -0.1) is 0 Å². The molecule has 0 fully saturated rings. The van der Waals surface area contributed by atoms with Crippen molar-refractivity contribution in [3.05, 3.63) is 77.5 Å². The first-order valence-electron chi connectivity index (χ1n) is 8.28. The van der Waals surface area contributed by atoms with Crippen molar-refractivity contribution in [2.24, 2.45) is 11.5 Å². The second-order valence-electron chi connectivity index (χ2n) is 6.12. The molecule has 6 heteroatoms. The van der Waals surface area contributed by atoms with Crippen molar-refractivity contribution in [2.45, 2.75) is 20.3 Å². The number of amides is 1. The topological polar surface area (TPSA) is 99.8 Å². The molecule has 4 N–H and O–H groups in total. The Morgan fingerprint density at radius 3 is 2.77 bits per heavy atom. The van der Waals surface area contributed by atoms with Gasteiger partial charge in [0.1, 0.15) is 0 Å². The van der Waals surface area contributed by atoms with Crippen LogP contribution in [0.3, 0.4) is 0 Å². The van der Waals surface area contributed by atoms with Crippen LogP contribution in [0, 0.1) is 6.92 Å². The molecule has 3 rings (SSSR count). The molecule has 0 aliphatic heterocycles. The Morgan fingerprint density at radius 2 is 2.12 bits per heavy atom. The minimum absolute atomic E-state index is 0.460. The summed E-state index contributed by atoms with van der Waals surface area (Å²) in [4.78, 5) is 20.8. The summed E-state index contributed by atoms with van der Waals surface area (Å²) in [5.74, 6) is 0.182. The molecule has 0 radical (unpaired) electrons. The number of fused-ring (bicyclic) bond motifs is 1. The lowest BCUT2D eigenvalue weighted by Crippen LogP contribution is -2.14. The first-order chi connectivity index (χ1) is 12.5. The standard InChI is InChI=1S/C20H21N5O/c1-13-6-7-16-15(10-13)19(20(22)26)17(5-3-4-14(2)11-21)25(16)18-12-23-8-9-24-18/h3-4,6-12H,5,21H2,1-2H3,(H2,22,26)/b4-3-,14-11-. The largest absolute Gasteiger partial charge is 0.404 e. The van der Waals surface area contributed by atoms with Crippen LogP contribution in [-0.2, 0) is 6.42 Å². The average Bonchev–Trinajstić information content (AvgIpc) is 2.95. The SMILES string of the molecule is CC(/C=C\Cc1c(C(N)=O)c2cc(C)ccc2n1-c1cnccn1)=C/N. The molecule has 0 bridgehead atoms.